The maximum atomic E-state index is 13.2. The maximum Gasteiger partial charge on any atom is 0.156 e. The van der Waals surface area contributed by atoms with Crippen molar-refractivity contribution < 1.29 is 4.79 Å². The standard InChI is InChI=1S/C18H33NO/c1-5-15-6-8-16(9-7-15)17(20)18(19(3)4)12-10-14(2)11-13-18/h14-16H,5-13H2,1-4H3. The van der Waals surface area contributed by atoms with Crippen molar-refractivity contribution in [3.63, 3.8) is 0 Å². The molecule has 0 atom stereocenters. The SMILES string of the molecule is CCC1CCC(C(=O)C2(N(C)C)CCC(C)CC2)CC1. The first-order chi connectivity index (χ1) is 9.49. The van der Waals surface area contributed by atoms with Gasteiger partial charge in [0.2, 0.25) is 0 Å². The zero-order valence-corrected chi connectivity index (χ0v) is 14.0. The molecule has 0 unspecified atom stereocenters. The van der Waals surface area contributed by atoms with E-state index in [0.717, 1.165) is 37.5 Å². The molecule has 0 aliphatic heterocycles. The monoisotopic (exact) mass is 279 g/mol. The van der Waals surface area contributed by atoms with Gasteiger partial charge in [0.15, 0.2) is 5.78 Å². The van der Waals surface area contributed by atoms with Gasteiger partial charge in [-0.05, 0) is 77.3 Å². The van der Waals surface area contributed by atoms with E-state index in [1.54, 1.807) is 0 Å². The van der Waals surface area contributed by atoms with Gasteiger partial charge >= 0.3 is 0 Å². The van der Waals surface area contributed by atoms with Crippen molar-refractivity contribution in [1.82, 2.24) is 4.90 Å². The van der Waals surface area contributed by atoms with E-state index in [1.807, 2.05) is 0 Å². The first kappa shape index (κ1) is 16.0. The van der Waals surface area contributed by atoms with Gasteiger partial charge < -0.3 is 0 Å². The molecule has 2 saturated carbocycles. The number of carbonyl (C=O) groups is 1. The molecule has 0 aromatic rings. The Morgan fingerprint density at radius 1 is 1.05 bits per heavy atom. The van der Waals surface area contributed by atoms with Gasteiger partial charge in [-0.25, -0.2) is 0 Å². The maximum absolute atomic E-state index is 13.2. The summed E-state index contributed by atoms with van der Waals surface area (Å²) in [6, 6.07) is 0. The molecule has 0 N–H and O–H groups in total. The van der Waals surface area contributed by atoms with Crippen LogP contribution in [0.1, 0.15) is 71.6 Å². The summed E-state index contributed by atoms with van der Waals surface area (Å²) in [6.45, 7) is 4.62. The molecular weight excluding hydrogens is 246 g/mol. The second-order valence-electron chi connectivity index (χ2n) is 7.60. The minimum absolute atomic E-state index is 0.143. The van der Waals surface area contributed by atoms with Crippen LogP contribution in [0.5, 0.6) is 0 Å². The van der Waals surface area contributed by atoms with Crippen LogP contribution in [0.2, 0.25) is 0 Å². The highest BCUT2D eigenvalue weighted by molar-refractivity contribution is 5.90. The summed E-state index contributed by atoms with van der Waals surface area (Å²) in [5.74, 6) is 2.59. The van der Waals surface area contributed by atoms with E-state index in [9.17, 15) is 4.79 Å². The van der Waals surface area contributed by atoms with Gasteiger partial charge in [-0.15, -0.1) is 0 Å². The van der Waals surface area contributed by atoms with Crippen LogP contribution >= 0.6 is 0 Å². The summed E-state index contributed by atoms with van der Waals surface area (Å²) >= 11 is 0. The molecule has 0 heterocycles. The third-order valence-corrected chi connectivity index (χ3v) is 6.21. The van der Waals surface area contributed by atoms with Gasteiger partial charge in [-0.1, -0.05) is 20.3 Å². The van der Waals surface area contributed by atoms with Crippen LogP contribution in [0.4, 0.5) is 0 Å². The van der Waals surface area contributed by atoms with Crippen LogP contribution in [0.3, 0.4) is 0 Å². The number of hydrogen-bond acceptors (Lipinski definition) is 2. The zero-order chi connectivity index (χ0) is 14.8. The molecule has 2 nitrogen and oxygen atoms in total. The van der Waals surface area contributed by atoms with Crippen LogP contribution in [0.25, 0.3) is 0 Å². The summed E-state index contributed by atoms with van der Waals surface area (Å²) in [7, 11) is 4.23. The molecule has 2 fully saturated rings. The molecule has 0 aromatic heterocycles. The molecule has 0 saturated heterocycles. The van der Waals surface area contributed by atoms with Crippen LogP contribution in [0, 0.1) is 17.8 Å². The molecule has 0 amide bonds. The van der Waals surface area contributed by atoms with Gasteiger partial charge in [0.1, 0.15) is 0 Å². The summed E-state index contributed by atoms with van der Waals surface area (Å²) in [5.41, 5.74) is -0.143. The van der Waals surface area contributed by atoms with Crippen molar-refractivity contribution in [1.29, 1.82) is 0 Å². The fourth-order valence-corrected chi connectivity index (χ4v) is 4.37. The minimum atomic E-state index is -0.143. The van der Waals surface area contributed by atoms with Crippen molar-refractivity contribution in [3.8, 4) is 0 Å². The second-order valence-corrected chi connectivity index (χ2v) is 7.60. The number of Topliss-reactive ketones (excluding diaryl/α,β-unsaturated/α-hetero) is 1. The Hall–Kier alpha value is -0.370. The topological polar surface area (TPSA) is 20.3 Å². The molecule has 2 heteroatoms. The Kier molecular flexibility index (Phi) is 5.28. The number of nitrogens with zero attached hydrogens (tertiary/aromatic N) is 1. The summed E-state index contributed by atoms with van der Waals surface area (Å²) in [4.78, 5) is 15.4. The molecule has 2 rings (SSSR count). The van der Waals surface area contributed by atoms with Gasteiger partial charge in [-0.2, -0.15) is 0 Å². The Morgan fingerprint density at radius 2 is 1.60 bits per heavy atom. The number of hydrogen-bond donors (Lipinski definition) is 0. The molecule has 2 aliphatic rings. The van der Waals surface area contributed by atoms with Crippen LogP contribution in [0.15, 0.2) is 0 Å². The molecule has 0 spiro atoms. The van der Waals surface area contributed by atoms with Gasteiger partial charge in [0.25, 0.3) is 0 Å². The molecule has 0 radical (unpaired) electrons. The van der Waals surface area contributed by atoms with Gasteiger partial charge in [0.05, 0.1) is 5.54 Å². The summed E-state index contributed by atoms with van der Waals surface area (Å²) in [5, 5.41) is 0. The van der Waals surface area contributed by atoms with Crippen molar-refractivity contribution in [2.24, 2.45) is 17.8 Å². The third-order valence-electron chi connectivity index (χ3n) is 6.21. The lowest BCUT2D eigenvalue weighted by Crippen LogP contribution is -2.55. The van der Waals surface area contributed by atoms with Crippen molar-refractivity contribution in [2.75, 3.05) is 14.1 Å². The number of rotatable bonds is 4. The fourth-order valence-electron chi connectivity index (χ4n) is 4.37. The summed E-state index contributed by atoms with van der Waals surface area (Å²) < 4.78 is 0. The number of ketones is 1. The first-order valence-electron chi connectivity index (χ1n) is 8.71. The van der Waals surface area contributed by atoms with Gasteiger partial charge in [-0.3, -0.25) is 9.69 Å². The van der Waals surface area contributed by atoms with Crippen molar-refractivity contribution in [2.45, 2.75) is 77.2 Å². The molecule has 116 valence electrons. The second kappa shape index (κ2) is 6.60. The van der Waals surface area contributed by atoms with E-state index in [-0.39, 0.29) is 5.54 Å². The van der Waals surface area contributed by atoms with Crippen molar-refractivity contribution in [3.05, 3.63) is 0 Å². The number of likely N-dealkylation sites (N-methyl/N-ethyl adjacent to an activating group) is 1. The van der Waals surface area contributed by atoms with E-state index in [2.05, 4.69) is 32.8 Å². The molecule has 0 bridgehead atoms. The molecule has 20 heavy (non-hydrogen) atoms. The van der Waals surface area contributed by atoms with E-state index < -0.39 is 0 Å². The smallest absolute Gasteiger partial charge is 0.156 e. The van der Waals surface area contributed by atoms with Crippen molar-refractivity contribution >= 4 is 5.78 Å². The van der Waals surface area contributed by atoms with Crippen LogP contribution in [-0.2, 0) is 4.79 Å². The lowest BCUT2D eigenvalue weighted by atomic mass is 9.67. The minimum Gasteiger partial charge on any atom is -0.297 e. The molecule has 0 aromatic carbocycles. The lowest BCUT2D eigenvalue weighted by molar-refractivity contribution is -0.138. The highest BCUT2D eigenvalue weighted by atomic mass is 16.1. The van der Waals surface area contributed by atoms with Gasteiger partial charge in [0, 0.05) is 5.92 Å². The van der Waals surface area contributed by atoms with E-state index in [0.29, 0.717) is 11.7 Å². The highest BCUT2D eigenvalue weighted by Crippen LogP contribution is 2.41. The lowest BCUT2D eigenvalue weighted by Gasteiger charge is -2.45. The Morgan fingerprint density at radius 3 is 2.05 bits per heavy atom. The Balaban J connectivity index is 2.05. The predicted octanol–water partition coefficient (Wildman–Crippen LogP) is 4.28. The molecular formula is C18H33NO. The fraction of sp³-hybridized carbons (Fsp3) is 0.944. The van der Waals surface area contributed by atoms with Crippen LogP contribution in [-0.4, -0.2) is 30.3 Å². The first-order valence-corrected chi connectivity index (χ1v) is 8.71. The summed E-state index contributed by atoms with van der Waals surface area (Å²) in [6.07, 6.45) is 10.7. The van der Waals surface area contributed by atoms with E-state index >= 15 is 0 Å². The largest absolute Gasteiger partial charge is 0.297 e. The average molecular weight is 279 g/mol. The molecule has 2 aliphatic carbocycles. The average Bonchev–Trinajstić information content (AvgIpc) is 2.47. The normalized spacial score (nSPS) is 39.0. The number of carbonyl (C=O) groups excluding carboxylic acids is 1. The van der Waals surface area contributed by atoms with E-state index in [4.69, 9.17) is 0 Å². The predicted molar refractivity (Wildman–Crippen MR) is 84.8 cm³/mol. The third kappa shape index (κ3) is 3.10. The quantitative estimate of drug-likeness (QED) is 0.765. The van der Waals surface area contributed by atoms with Crippen LogP contribution < -0.4 is 0 Å². The Labute approximate surface area is 125 Å². The highest BCUT2D eigenvalue weighted by Gasteiger charge is 2.45. The Bertz CT molecular complexity index is 320. The van der Waals surface area contributed by atoms with E-state index in [1.165, 1.54) is 32.1 Å². The zero-order valence-electron chi connectivity index (χ0n) is 14.0.